The van der Waals surface area contributed by atoms with E-state index in [1.807, 2.05) is 0 Å². The third-order valence-electron chi connectivity index (χ3n) is 12.4. The number of hydrogen-bond acceptors (Lipinski definition) is 0. The van der Waals surface area contributed by atoms with Gasteiger partial charge >= 0.3 is 0 Å². The monoisotopic (exact) mass is 806 g/mol. The van der Waals surface area contributed by atoms with E-state index in [0.717, 1.165) is 0 Å². The van der Waals surface area contributed by atoms with E-state index in [0.29, 0.717) is 5.92 Å². The fraction of sp³-hybridized carbons (Fsp3) is 0.404. The van der Waals surface area contributed by atoms with E-state index in [1.54, 1.807) is 0 Å². The molecule has 1 saturated carbocycles. The molecule has 51 heavy (non-hydrogen) atoms. The Kier molecular flexibility index (Phi) is 10.7. The van der Waals surface area contributed by atoms with Crippen LogP contribution in [0.2, 0.25) is 0 Å². The Morgan fingerprint density at radius 1 is 0.569 bits per heavy atom. The van der Waals surface area contributed by atoms with Crippen LogP contribution in [0.15, 0.2) is 96.1 Å². The molecular formula is C47H54Cl2SiZr. The molecule has 0 spiro atoms. The second kappa shape index (κ2) is 14.0. The minimum Gasteiger partial charge on any atom is -0.114 e. The van der Waals surface area contributed by atoms with Crippen LogP contribution in [0.4, 0.5) is 0 Å². The summed E-state index contributed by atoms with van der Waals surface area (Å²) < 4.78 is -1.17. The molecule has 2 unspecified atom stereocenters. The number of hydrogen-bond donors (Lipinski definition) is 0. The van der Waals surface area contributed by atoms with Crippen molar-refractivity contribution < 1.29 is 26.2 Å². The van der Waals surface area contributed by atoms with E-state index >= 15 is 0 Å². The maximum atomic E-state index is 8.27. The summed E-state index contributed by atoms with van der Waals surface area (Å²) in [5.41, 5.74) is 18.7. The maximum absolute atomic E-state index is 8.27. The van der Waals surface area contributed by atoms with Crippen LogP contribution in [0, 0.1) is 5.92 Å². The molecule has 0 N–H and O–H groups in total. The molecule has 3 aliphatic rings. The normalized spacial score (nSPS) is 22.5. The van der Waals surface area contributed by atoms with Crippen molar-refractivity contribution in [1.29, 1.82) is 0 Å². The standard InChI is InChI=1S/C47H54Cl2Si.Zr/c1-29-30(2)46(48,39-19-13-17-37(41(29)39)32-21-25-35(26-22-32)44(4,5)6)50-47(49)31(3)42(34-15-11-10-12-16-34)43-38(18-14-20-40(43)47)33-23-27-36(28-24-33)45(7,8)9;/h13-14,17-28,34H,10-12,15-16,50H2,1-9H3;. The first-order chi connectivity index (χ1) is 23.6. The third kappa shape index (κ3) is 6.62. The summed E-state index contributed by atoms with van der Waals surface area (Å²) in [7, 11) is -1.27. The van der Waals surface area contributed by atoms with Gasteiger partial charge in [0.05, 0.1) is 18.5 Å². The molecule has 4 heteroatoms. The molecule has 3 aliphatic carbocycles. The fourth-order valence-electron chi connectivity index (χ4n) is 9.22. The van der Waals surface area contributed by atoms with Crippen molar-refractivity contribution in [2.75, 3.05) is 0 Å². The van der Waals surface area contributed by atoms with Gasteiger partial charge in [0.2, 0.25) is 0 Å². The largest absolute Gasteiger partial charge is 0.114 e. The number of benzene rings is 4. The molecule has 0 amide bonds. The predicted molar refractivity (Wildman–Crippen MR) is 222 cm³/mol. The summed E-state index contributed by atoms with van der Waals surface area (Å²) >= 11 is 16.4. The molecule has 0 heterocycles. The van der Waals surface area contributed by atoms with E-state index in [9.17, 15) is 0 Å². The zero-order valence-corrected chi connectivity index (χ0v) is 37.5. The third-order valence-corrected chi connectivity index (χ3v) is 17.0. The van der Waals surface area contributed by atoms with Gasteiger partial charge in [-0.2, -0.15) is 0 Å². The zero-order chi connectivity index (χ0) is 35.8. The molecular weight excluding hydrogens is 755 g/mol. The number of rotatable bonds is 5. The van der Waals surface area contributed by atoms with Gasteiger partial charge in [-0.1, -0.05) is 146 Å². The molecule has 4 aromatic rings. The van der Waals surface area contributed by atoms with Gasteiger partial charge in [-0.15, -0.1) is 23.2 Å². The Morgan fingerprint density at radius 3 is 1.47 bits per heavy atom. The van der Waals surface area contributed by atoms with Crippen LogP contribution in [-0.2, 0) is 46.0 Å². The van der Waals surface area contributed by atoms with Crippen LogP contribution in [0.25, 0.3) is 33.4 Å². The first kappa shape index (κ1) is 38.8. The van der Waals surface area contributed by atoms with E-state index in [-0.39, 0.29) is 37.0 Å². The summed E-state index contributed by atoms with van der Waals surface area (Å²) in [4.78, 5) is 0. The predicted octanol–water partition coefficient (Wildman–Crippen LogP) is 13.4. The zero-order valence-electron chi connectivity index (χ0n) is 32.2. The van der Waals surface area contributed by atoms with Crippen LogP contribution < -0.4 is 0 Å². The average Bonchev–Trinajstić information content (AvgIpc) is 3.43. The minimum absolute atomic E-state index is 0. The SMILES string of the molecule is CC1=C(C)C(Cl)([SiH2]C2(Cl)C(C)=C(C3CCCCC3)c3c(-c4ccc(C(C)(C)C)cc4)cccc32)c2cccc(-c3ccc(C(C)(C)C)cc3)c21.[Zr]. The van der Waals surface area contributed by atoms with Crippen LogP contribution in [-0.4, -0.2) is 9.52 Å². The van der Waals surface area contributed by atoms with Crippen LogP contribution >= 0.6 is 23.2 Å². The molecule has 0 nitrogen and oxygen atoms in total. The van der Waals surface area contributed by atoms with Gasteiger partial charge in [-0.3, -0.25) is 0 Å². The minimum atomic E-state index is -1.27. The summed E-state index contributed by atoms with van der Waals surface area (Å²) in [5, 5.41) is 0. The Hall–Kier alpha value is -1.96. The van der Waals surface area contributed by atoms with Crippen molar-refractivity contribution >= 4 is 43.9 Å². The van der Waals surface area contributed by atoms with Gasteiger partial charge in [-0.25, -0.2) is 0 Å². The van der Waals surface area contributed by atoms with E-state index in [2.05, 4.69) is 147 Å². The Morgan fingerprint density at radius 2 is 1.00 bits per heavy atom. The van der Waals surface area contributed by atoms with Gasteiger partial charge in [0, 0.05) is 26.2 Å². The van der Waals surface area contributed by atoms with Crippen molar-refractivity contribution in [3.8, 4) is 22.3 Å². The van der Waals surface area contributed by atoms with Crippen molar-refractivity contribution in [3.05, 3.63) is 129 Å². The number of allylic oxidation sites excluding steroid dienone is 4. The summed E-state index contributed by atoms with van der Waals surface area (Å²) in [6.07, 6.45) is 6.39. The van der Waals surface area contributed by atoms with E-state index in [1.165, 1.54) is 110 Å². The van der Waals surface area contributed by atoms with Crippen LogP contribution in [0.3, 0.4) is 0 Å². The van der Waals surface area contributed by atoms with Gasteiger partial charge in [0.15, 0.2) is 0 Å². The number of halogens is 2. The molecule has 0 radical (unpaired) electrons. The average molecular weight is 809 g/mol. The van der Waals surface area contributed by atoms with Gasteiger partial charge in [0.1, 0.15) is 0 Å². The molecule has 0 aromatic heterocycles. The molecule has 0 aliphatic heterocycles. The molecule has 264 valence electrons. The van der Waals surface area contributed by atoms with Gasteiger partial charge in [-0.05, 0) is 128 Å². The maximum Gasteiger partial charge on any atom is 0.0923 e. The first-order valence-electron chi connectivity index (χ1n) is 18.8. The molecule has 1 fully saturated rings. The molecule has 0 saturated heterocycles. The summed E-state index contributed by atoms with van der Waals surface area (Å²) in [6, 6.07) is 32.1. The molecule has 2 atom stereocenters. The quantitative estimate of drug-likeness (QED) is 0.139. The molecule has 4 aromatic carbocycles. The van der Waals surface area contributed by atoms with Crippen molar-refractivity contribution in [3.63, 3.8) is 0 Å². The Balaban J connectivity index is 0.00000448. The molecule has 7 rings (SSSR count). The van der Waals surface area contributed by atoms with Gasteiger partial charge in [0.25, 0.3) is 0 Å². The summed E-state index contributed by atoms with van der Waals surface area (Å²) in [6.45, 7) is 20.6. The van der Waals surface area contributed by atoms with E-state index < -0.39 is 18.5 Å². The van der Waals surface area contributed by atoms with Crippen molar-refractivity contribution in [2.24, 2.45) is 5.92 Å². The Bertz CT molecular complexity index is 2020. The van der Waals surface area contributed by atoms with Crippen molar-refractivity contribution in [1.82, 2.24) is 0 Å². The van der Waals surface area contributed by atoms with Crippen molar-refractivity contribution in [2.45, 2.75) is 114 Å². The van der Waals surface area contributed by atoms with Crippen LogP contribution in [0.1, 0.15) is 128 Å². The number of fused-ring (bicyclic) bond motifs is 2. The first-order valence-corrected chi connectivity index (χ1v) is 21.0. The molecule has 0 bridgehead atoms. The second-order valence-electron chi connectivity index (χ2n) is 17.5. The topological polar surface area (TPSA) is 0 Å². The Labute approximate surface area is 339 Å². The summed E-state index contributed by atoms with van der Waals surface area (Å²) in [5.74, 6) is 0.537. The van der Waals surface area contributed by atoms with Crippen LogP contribution in [0.5, 0.6) is 0 Å². The fourth-order valence-corrected chi connectivity index (χ4v) is 13.8. The second-order valence-corrected chi connectivity index (χ2v) is 22.2. The number of alkyl halides is 2. The van der Waals surface area contributed by atoms with Gasteiger partial charge < -0.3 is 0 Å². The van der Waals surface area contributed by atoms with E-state index in [4.69, 9.17) is 23.2 Å². The smallest absolute Gasteiger partial charge is 0.0923 e.